The number of rotatable bonds is 4. The minimum Gasteiger partial charge on any atom is -0.208 e. The Bertz CT molecular complexity index is 488. The van der Waals surface area contributed by atoms with Crippen molar-refractivity contribution in [3.63, 3.8) is 0 Å². The number of nitrogens with zero attached hydrogens (tertiary/aromatic N) is 2. The van der Waals surface area contributed by atoms with Gasteiger partial charge in [0.2, 0.25) is 20.0 Å². The van der Waals surface area contributed by atoms with E-state index in [1.165, 1.54) is 8.61 Å². The van der Waals surface area contributed by atoms with Crippen LogP contribution in [0.3, 0.4) is 0 Å². The highest BCUT2D eigenvalue weighted by Gasteiger charge is 2.38. The lowest BCUT2D eigenvalue weighted by molar-refractivity contribution is 0.166. The zero-order valence-electron chi connectivity index (χ0n) is 10.5. The van der Waals surface area contributed by atoms with Crippen molar-refractivity contribution in [1.82, 2.24) is 8.61 Å². The molecule has 1 rings (SSSR count). The fourth-order valence-electron chi connectivity index (χ4n) is 1.96. The van der Waals surface area contributed by atoms with Crippen LogP contribution < -0.4 is 0 Å². The minimum atomic E-state index is -3.53. The molecular formula is C10H18N2O4S2. The summed E-state index contributed by atoms with van der Waals surface area (Å²) < 4.78 is 49.6. The van der Waals surface area contributed by atoms with Crippen molar-refractivity contribution in [2.45, 2.75) is 25.9 Å². The molecule has 8 heteroatoms. The molecule has 0 aromatic heterocycles. The monoisotopic (exact) mass is 294 g/mol. The van der Waals surface area contributed by atoms with Crippen LogP contribution in [0, 0.1) is 0 Å². The third kappa shape index (κ3) is 2.82. The number of piperazine rings is 1. The van der Waals surface area contributed by atoms with Crippen LogP contribution >= 0.6 is 0 Å². The van der Waals surface area contributed by atoms with E-state index in [2.05, 4.69) is 13.2 Å². The summed E-state index contributed by atoms with van der Waals surface area (Å²) in [4.78, 5) is 0. The molecule has 1 aliphatic heterocycles. The van der Waals surface area contributed by atoms with Gasteiger partial charge in [0.25, 0.3) is 0 Å². The quantitative estimate of drug-likeness (QED) is 0.749. The van der Waals surface area contributed by atoms with Crippen molar-refractivity contribution in [2.75, 3.05) is 13.1 Å². The Morgan fingerprint density at radius 1 is 0.889 bits per heavy atom. The Morgan fingerprint density at radius 2 is 1.17 bits per heavy atom. The van der Waals surface area contributed by atoms with Gasteiger partial charge in [-0.3, -0.25) is 0 Å². The van der Waals surface area contributed by atoms with Crippen molar-refractivity contribution < 1.29 is 16.8 Å². The Hall–Kier alpha value is -0.700. The van der Waals surface area contributed by atoms with Gasteiger partial charge in [0, 0.05) is 36.0 Å². The normalized spacial score (nSPS) is 27.9. The molecule has 0 N–H and O–H groups in total. The summed E-state index contributed by atoms with van der Waals surface area (Å²) in [6.07, 6.45) is 0. The zero-order chi connectivity index (χ0) is 14.1. The molecule has 0 unspecified atom stereocenters. The summed E-state index contributed by atoms with van der Waals surface area (Å²) in [6, 6.07) is -0.863. The predicted molar refractivity (Wildman–Crippen MR) is 70.6 cm³/mol. The van der Waals surface area contributed by atoms with Gasteiger partial charge in [0.05, 0.1) is 0 Å². The van der Waals surface area contributed by atoms with E-state index in [0.29, 0.717) is 0 Å². The maximum atomic E-state index is 11.8. The van der Waals surface area contributed by atoms with E-state index in [1.54, 1.807) is 13.8 Å². The van der Waals surface area contributed by atoms with Crippen molar-refractivity contribution in [2.24, 2.45) is 0 Å². The molecule has 1 fully saturated rings. The molecule has 0 amide bonds. The highest BCUT2D eigenvalue weighted by Crippen LogP contribution is 2.22. The number of sulfonamides is 2. The lowest BCUT2D eigenvalue weighted by Crippen LogP contribution is -2.58. The summed E-state index contributed by atoms with van der Waals surface area (Å²) in [5, 5.41) is 1.77. The average molecular weight is 294 g/mol. The van der Waals surface area contributed by atoms with Crippen LogP contribution in [-0.2, 0) is 20.0 Å². The van der Waals surface area contributed by atoms with Gasteiger partial charge in [-0.2, -0.15) is 8.61 Å². The van der Waals surface area contributed by atoms with Gasteiger partial charge in [-0.25, -0.2) is 16.8 Å². The Balaban J connectivity index is 3.04. The van der Waals surface area contributed by atoms with E-state index in [0.717, 1.165) is 10.8 Å². The molecule has 0 aliphatic carbocycles. The highest BCUT2D eigenvalue weighted by molar-refractivity contribution is 7.92. The topological polar surface area (TPSA) is 74.8 Å². The first kappa shape index (κ1) is 15.4. The standard InChI is InChI=1S/C10H18N2O4S2/c1-5-17(13,14)11-7-10(4)12(8-9(11)3)18(15,16)6-2/h5-6,9-10H,1-2,7-8H2,3-4H3/t9-,10-/m1/s1. The lowest BCUT2D eigenvalue weighted by Gasteiger charge is -2.41. The molecule has 0 saturated carbocycles. The molecule has 1 heterocycles. The third-order valence-corrected chi connectivity index (χ3v) is 6.11. The molecule has 0 radical (unpaired) electrons. The molecule has 1 saturated heterocycles. The molecule has 0 aromatic rings. The molecule has 104 valence electrons. The minimum absolute atomic E-state index is 0.114. The van der Waals surface area contributed by atoms with Gasteiger partial charge in [-0.05, 0) is 13.8 Å². The van der Waals surface area contributed by atoms with E-state index in [9.17, 15) is 16.8 Å². The van der Waals surface area contributed by atoms with E-state index >= 15 is 0 Å². The van der Waals surface area contributed by atoms with Gasteiger partial charge in [0.15, 0.2) is 0 Å². The van der Waals surface area contributed by atoms with Crippen LogP contribution in [0.4, 0.5) is 0 Å². The average Bonchev–Trinajstić information content (AvgIpc) is 2.31. The summed E-state index contributed by atoms with van der Waals surface area (Å²) in [5.74, 6) is 0. The van der Waals surface area contributed by atoms with Crippen molar-refractivity contribution in [3.05, 3.63) is 24.0 Å². The van der Waals surface area contributed by atoms with Gasteiger partial charge < -0.3 is 0 Å². The fraction of sp³-hybridized carbons (Fsp3) is 0.600. The molecule has 0 aromatic carbocycles. The second-order valence-electron chi connectivity index (χ2n) is 4.26. The lowest BCUT2D eigenvalue weighted by atomic mass is 10.2. The van der Waals surface area contributed by atoms with Crippen molar-refractivity contribution in [3.8, 4) is 0 Å². The van der Waals surface area contributed by atoms with Crippen LogP contribution in [0.15, 0.2) is 24.0 Å². The summed E-state index contributed by atoms with van der Waals surface area (Å²) in [7, 11) is -7.06. The van der Waals surface area contributed by atoms with E-state index in [-0.39, 0.29) is 13.1 Å². The number of hydrogen-bond acceptors (Lipinski definition) is 4. The van der Waals surface area contributed by atoms with Gasteiger partial charge in [-0.1, -0.05) is 13.2 Å². The largest absolute Gasteiger partial charge is 0.235 e. The summed E-state index contributed by atoms with van der Waals surface area (Å²) >= 11 is 0. The van der Waals surface area contributed by atoms with Crippen molar-refractivity contribution >= 4 is 20.0 Å². The van der Waals surface area contributed by atoms with Gasteiger partial charge >= 0.3 is 0 Å². The second kappa shape index (κ2) is 5.12. The SMILES string of the molecule is C=CS(=O)(=O)N1C[C@@H](C)N(S(=O)(=O)C=C)C[C@H]1C. The van der Waals surface area contributed by atoms with Gasteiger partial charge in [-0.15, -0.1) is 0 Å². The van der Waals surface area contributed by atoms with Crippen LogP contribution in [0.25, 0.3) is 0 Å². The molecule has 18 heavy (non-hydrogen) atoms. The maximum Gasteiger partial charge on any atom is 0.235 e. The van der Waals surface area contributed by atoms with Crippen LogP contribution in [0.1, 0.15) is 13.8 Å². The molecule has 1 aliphatic rings. The maximum absolute atomic E-state index is 11.8. The van der Waals surface area contributed by atoms with E-state index in [4.69, 9.17) is 0 Å². The third-order valence-electron chi connectivity index (χ3n) is 2.95. The van der Waals surface area contributed by atoms with E-state index in [1.807, 2.05) is 0 Å². The van der Waals surface area contributed by atoms with Gasteiger partial charge in [0.1, 0.15) is 0 Å². The molecule has 2 atom stereocenters. The molecule has 6 nitrogen and oxygen atoms in total. The molecular weight excluding hydrogens is 276 g/mol. The Morgan fingerprint density at radius 3 is 1.39 bits per heavy atom. The smallest absolute Gasteiger partial charge is 0.208 e. The predicted octanol–water partition coefficient (Wildman–Crippen LogP) is 0.328. The first-order valence-electron chi connectivity index (χ1n) is 5.44. The first-order chi connectivity index (χ1) is 8.15. The van der Waals surface area contributed by atoms with E-state index < -0.39 is 32.1 Å². The Labute approximate surface area is 109 Å². The highest BCUT2D eigenvalue weighted by atomic mass is 32.2. The fourth-order valence-corrected chi connectivity index (χ4v) is 4.33. The van der Waals surface area contributed by atoms with Crippen LogP contribution in [0.2, 0.25) is 0 Å². The summed E-state index contributed by atoms with van der Waals surface area (Å²) in [6.45, 7) is 10.1. The van der Waals surface area contributed by atoms with Crippen molar-refractivity contribution in [1.29, 1.82) is 0 Å². The molecule has 0 bridgehead atoms. The second-order valence-corrected chi connectivity index (χ2v) is 7.93. The van der Waals surface area contributed by atoms with Crippen LogP contribution in [-0.4, -0.2) is 50.6 Å². The Kier molecular flexibility index (Phi) is 4.37. The zero-order valence-corrected chi connectivity index (χ0v) is 12.1. The summed E-state index contributed by atoms with van der Waals surface area (Å²) in [5.41, 5.74) is 0. The first-order valence-corrected chi connectivity index (χ1v) is 8.45. The molecule has 0 spiro atoms. The number of hydrogen-bond donors (Lipinski definition) is 0. The van der Waals surface area contributed by atoms with Crippen LogP contribution in [0.5, 0.6) is 0 Å².